The van der Waals surface area contributed by atoms with E-state index in [1.165, 1.54) is 11.8 Å². The number of hydrogen-bond donors (Lipinski definition) is 1. The Labute approximate surface area is 172 Å². The quantitative estimate of drug-likeness (QED) is 0.762. The number of aromatic nitrogens is 2. The third kappa shape index (κ3) is 4.78. The van der Waals surface area contributed by atoms with Crippen molar-refractivity contribution >= 4 is 46.9 Å². The first-order valence-electron chi connectivity index (χ1n) is 8.46. The monoisotopic (exact) mass is 426 g/mol. The standard InChI is InChI=1S/C18H20Cl2N4O2S/c1-11-16(27-13-5-3-4-12(19)15(13)20)22-10-14(23-11)24-8-6-18(2,7-9-24)26-17(21)25/h3-5,10H,6-9H2,1-2H3,(H2,21,25). The SMILES string of the molecule is Cc1nc(N2CCC(C)(OC(N)=O)CC2)cnc1Sc1cccc(Cl)c1Cl. The number of hydrogen-bond acceptors (Lipinski definition) is 6. The van der Waals surface area contributed by atoms with Crippen molar-refractivity contribution < 1.29 is 9.53 Å². The molecule has 27 heavy (non-hydrogen) atoms. The molecule has 1 aromatic carbocycles. The van der Waals surface area contributed by atoms with Crippen LogP contribution < -0.4 is 10.6 Å². The molecule has 0 aliphatic carbocycles. The van der Waals surface area contributed by atoms with Crippen LogP contribution in [-0.2, 0) is 4.74 Å². The summed E-state index contributed by atoms with van der Waals surface area (Å²) in [5.74, 6) is 0.801. The predicted molar refractivity (Wildman–Crippen MR) is 108 cm³/mol. The molecule has 6 nitrogen and oxygen atoms in total. The lowest BCUT2D eigenvalue weighted by atomic mass is 9.93. The molecule has 1 aromatic heterocycles. The van der Waals surface area contributed by atoms with E-state index >= 15 is 0 Å². The van der Waals surface area contributed by atoms with E-state index in [9.17, 15) is 4.79 Å². The molecule has 1 aliphatic rings. The number of amides is 1. The summed E-state index contributed by atoms with van der Waals surface area (Å²) in [5, 5.41) is 1.81. The van der Waals surface area contributed by atoms with Gasteiger partial charge in [0, 0.05) is 30.8 Å². The van der Waals surface area contributed by atoms with E-state index in [2.05, 4.69) is 14.9 Å². The minimum Gasteiger partial charge on any atom is -0.443 e. The molecule has 0 radical (unpaired) electrons. The molecule has 1 aliphatic heterocycles. The van der Waals surface area contributed by atoms with Gasteiger partial charge in [0.25, 0.3) is 0 Å². The molecule has 9 heteroatoms. The van der Waals surface area contributed by atoms with Crippen LogP contribution in [0, 0.1) is 6.92 Å². The molecule has 1 saturated heterocycles. The maximum absolute atomic E-state index is 11.0. The van der Waals surface area contributed by atoms with Gasteiger partial charge in [0.1, 0.15) is 16.4 Å². The summed E-state index contributed by atoms with van der Waals surface area (Å²) in [6, 6.07) is 5.51. The van der Waals surface area contributed by atoms with Gasteiger partial charge in [0.2, 0.25) is 0 Å². The lowest BCUT2D eigenvalue weighted by Gasteiger charge is -2.38. The van der Waals surface area contributed by atoms with E-state index in [0.29, 0.717) is 36.0 Å². The van der Waals surface area contributed by atoms with Gasteiger partial charge >= 0.3 is 6.09 Å². The molecule has 0 unspecified atom stereocenters. The number of aryl methyl sites for hydroxylation is 1. The highest BCUT2D eigenvalue weighted by Gasteiger charge is 2.33. The number of anilines is 1. The van der Waals surface area contributed by atoms with Crippen LogP contribution in [0.1, 0.15) is 25.5 Å². The normalized spacial score (nSPS) is 16.2. The molecule has 3 rings (SSSR count). The number of nitrogens with two attached hydrogens (primary N) is 1. The summed E-state index contributed by atoms with van der Waals surface area (Å²) >= 11 is 13.8. The third-order valence-electron chi connectivity index (χ3n) is 4.50. The number of ether oxygens (including phenoxy) is 1. The van der Waals surface area contributed by atoms with Gasteiger partial charge in [-0.1, -0.05) is 41.0 Å². The summed E-state index contributed by atoms with van der Waals surface area (Å²) in [6.07, 6.45) is 2.39. The van der Waals surface area contributed by atoms with Crippen molar-refractivity contribution in [3.05, 3.63) is 40.1 Å². The zero-order valence-electron chi connectivity index (χ0n) is 15.0. The average molecular weight is 427 g/mol. The molecule has 144 valence electrons. The topological polar surface area (TPSA) is 81.3 Å². The first-order valence-corrected chi connectivity index (χ1v) is 10.0. The Balaban J connectivity index is 1.70. The minimum atomic E-state index is -0.734. The van der Waals surface area contributed by atoms with Gasteiger partial charge in [-0.15, -0.1) is 0 Å². The number of benzene rings is 1. The van der Waals surface area contributed by atoms with Crippen molar-refractivity contribution in [1.82, 2.24) is 9.97 Å². The fourth-order valence-electron chi connectivity index (χ4n) is 2.93. The summed E-state index contributed by atoms with van der Waals surface area (Å²) in [4.78, 5) is 23.3. The Morgan fingerprint density at radius 1 is 1.33 bits per heavy atom. The summed E-state index contributed by atoms with van der Waals surface area (Å²) in [7, 11) is 0. The van der Waals surface area contributed by atoms with Crippen LogP contribution in [0.25, 0.3) is 0 Å². The molecule has 0 bridgehead atoms. The van der Waals surface area contributed by atoms with Crippen LogP contribution >= 0.6 is 35.0 Å². The van der Waals surface area contributed by atoms with Gasteiger partial charge in [-0.2, -0.15) is 0 Å². The molecular formula is C18H20Cl2N4O2S. The van der Waals surface area contributed by atoms with Crippen LogP contribution in [0.15, 0.2) is 34.3 Å². The van der Waals surface area contributed by atoms with E-state index < -0.39 is 11.7 Å². The van der Waals surface area contributed by atoms with Crippen molar-refractivity contribution in [3.8, 4) is 0 Å². The molecular weight excluding hydrogens is 407 g/mol. The van der Waals surface area contributed by atoms with Crippen molar-refractivity contribution in [2.75, 3.05) is 18.0 Å². The van der Waals surface area contributed by atoms with Crippen molar-refractivity contribution in [3.63, 3.8) is 0 Å². The van der Waals surface area contributed by atoms with Gasteiger partial charge in [-0.25, -0.2) is 14.8 Å². The minimum absolute atomic E-state index is 0.512. The lowest BCUT2D eigenvalue weighted by molar-refractivity contribution is 0.0126. The maximum atomic E-state index is 11.0. The number of piperidine rings is 1. The van der Waals surface area contributed by atoms with Crippen LogP contribution in [0.5, 0.6) is 0 Å². The predicted octanol–water partition coefficient (Wildman–Crippen LogP) is 4.70. The number of rotatable bonds is 4. The summed E-state index contributed by atoms with van der Waals surface area (Å²) < 4.78 is 5.24. The van der Waals surface area contributed by atoms with Gasteiger partial charge in [0.05, 0.1) is 21.9 Å². The Morgan fingerprint density at radius 2 is 2.04 bits per heavy atom. The Kier molecular flexibility index (Phi) is 6.03. The van der Waals surface area contributed by atoms with Crippen LogP contribution in [0.3, 0.4) is 0 Å². The first kappa shape index (κ1) is 20.0. The van der Waals surface area contributed by atoms with Gasteiger partial charge < -0.3 is 15.4 Å². The summed E-state index contributed by atoms with van der Waals surface area (Å²) in [5.41, 5.74) is 5.45. The molecule has 0 atom stereocenters. The van der Waals surface area contributed by atoms with Crippen molar-refractivity contribution in [2.24, 2.45) is 5.73 Å². The second-order valence-electron chi connectivity index (χ2n) is 6.63. The van der Waals surface area contributed by atoms with E-state index in [-0.39, 0.29) is 0 Å². The van der Waals surface area contributed by atoms with Gasteiger partial charge in [-0.3, -0.25) is 0 Å². The fraction of sp³-hybridized carbons (Fsp3) is 0.389. The Morgan fingerprint density at radius 3 is 2.67 bits per heavy atom. The van der Waals surface area contributed by atoms with Crippen molar-refractivity contribution in [2.45, 2.75) is 42.2 Å². The number of carbonyl (C=O) groups is 1. The maximum Gasteiger partial charge on any atom is 0.405 e. The van der Waals surface area contributed by atoms with E-state index in [1.54, 1.807) is 12.3 Å². The molecule has 2 aromatic rings. The highest BCUT2D eigenvalue weighted by atomic mass is 35.5. The number of primary amides is 1. The lowest BCUT2D eigenvalue weighted by Crippen LogP contribution is -2.46. The molecule has 0 spiro atoms. The van der Waals surface area contributed by atoms with Gasteiger partial charge in [0.15, 0.2) is 0 Å². The highest BCUT2D eigenvalue weighted by Crippen LogP contribution is 2.37. The number of carbonyl (C=O) groups excluding carboxylic acids is 1. The second kappa shape index (κ2) is 8.12. The average Bonchev–Trinajstić information content (AvgIpc) is 2.60. The van der Waals surface area contributed by atoms with Crippen molar-refractivity contribution in [1.29, 1.82) is 0 Å². The molecule has 2 N–H and O–H groups in total. The third-order valence-corrected chi connectivity index (χ3v) is 6.59. The van der Waals surface area contributed by atoms with Crippen LogP contribution in [0.2, 0.25) is 10.0 Å². The van der Waals surface area contributed by atoms with Crippen LogP contribution in [0.4, 0.5) is 10.6 Å². The fourth-order valence-corrected chi connectivity index (χ4v) is 4.26. The second-order valence-corrected chi connectivity index (χ2v) is 8.45. The largest absolute Gasteiger partial charge is 0.443 e. The first-order chi connectivity index (χ1) is 12.8. The van der Waals surface area contributed by atoms with E-state index in [0.717, 1.165) is 21.4 Å². The summed E-state index contributed by atoms with van der Waals surface area (Å²) in [6.45, 7) is 5.25. The van der Waals surface area contributed by atoms with E-state index in [1.807, 2.05) is 26.0 Å². The van der Waals surface area contributed by atoms with E-state index in [4.69, 9.17) is 33.7 Å². The number of halogens is 2. The Hall–Kier alpha value is -1.70. The highest BCUT2D eigenvalue weighted by molar-refractivity contribution is 7.99. The molecule has 1 amide bonds. The molecule has 0 saturated carbocycles. The zero-order chi connectivity index (χ0) is 19.6. The van der Waals surface area contributed by atoms with Gasteiger partial charge in [-0.05, 0) is 26.0 Å². The molecule has 2 heterocycles. The zero-order valence-corrected chi connectivity index (χ0v) is 17.4. The Bertz CT molecular complexity index is 857. The number of nitrogens with zero attached hydrogens (tertiary/aromatic N) is 3. The molecule has 1 fully saturated rings. The van der Waals surface area contributed by atoms with Crippen LogP contribution in [-0.4, -0.2) is 34.8 Å². The smallest absolute Gasteiger partial charge is 0.405 e.